The highest BCUT2D eigenvalue weighted by molar-refractivity contribution is 6.30. The van der Waals surface area contributed by atoms with Crippen LogP contribution in [0.25, 0.3) is 0 Å². The first-order valence-corrected chi connectivity index (χ1v) is 7.21. The quantitative estimate of drug-likeness (QED) is 0.849. The van der Waals surface area contributed by atoms with E-state index in [1.165, 1.54) is 47.2 Å². The molecule has 0 spiro atoms. The zero-order valence-electron chi connectivity index (χ0n) is 11.2. The van der Waals surface area contributed by atoms with Gasteiger partial charge in [-0.25, -0.2) is 0 Å². The molecule has 0 unspecified atom stereocenters. The van der Waals surface area contributed by atoms with Crippen LogP contribution in [0, 0.1) is 6.92 Å². The molecule has 3 rings (SSSR count). The third-order valence-corrected chi connectivity index (χ3v) is 4.12. The van der Waals surface area contributed by atoms with Crippen LogP contribution in [-0.2, 0) is 19.4 Å². The molecule has 0 fully saturated rings. The van der Waals surface area contributed by atoms with Gasteiger partial charge in [0.1, 0.15) is 0 Å². The van der Waals surface area contributed by atoms with E-state index in [9.17, 15) is 0 Å². The fourth-order valence-corrected chi connectivity index (χ4v) is 2.96. The van der Waals surface area contributed by atoms with Crippen LogP contribution in [-0.4, -0.2) is 0 Å². The molecule has 0 saturated heterocycles. The van der Waals surface area contributed by atoms with Gasteiger partial charge in [-0.05, 0) is 72.7 Å². The van der Waals surface area contributed by atoms with E-state index < -0.39 is 0 Å². The van der Waals surface area contributed by atoms with Crippen molar-refractivity contribution in [1.29, 1.82) is 0 Å². The number of anilines is 1. The molecule has 2 heteroatoms. The first-order chi connectivity index (χ1) is 9.22. The fourth-order valence-electron chi connectivity index (χ4n) is 2.74. The highest BCUT2D eigenvalue weighted by atomic mass is 35.5. The van der Waals surface area contributed by atoms with Gasteiger partial charge in [0, 0.05) is 17.3 Å². The van der Waals surface area contributed by atoms with Crippen molar-refractivity contribution in [3.8, 4) is 0 Å². The molecule has 1 N–H and O–H groups in total. The first kappa shape index (κ1) is 12.6. The molecule has 1 nitrogen and oxygen atoms in total. The molecule has 2 aromatic carbocycles. The monoisotopic (exact) mass is 271 g/mol. The highest BCUT2D eigenvalue weighted by Gasteiger charge is 2.10. The summed E-state index contributed by atoms with van der Waals surface area (Å²) in [5.74, 6) is 0. The smallest absolute Gasteiger partial charge is 0.0408 e. The first-order valence-electron chi connectivity index (χ1n) is 6.83. The molecule has 0 amide bonds. The number of hydrogen-bond acceptors (Lipinski definition) is 1. The van der Waals surface area contributed by atoms with Crippen LogP contribution >= 0.6 is 11.6 Å². The van der Waals surface area contributed by atoms with E-state index in [2.05, 4.69) is 36.5 Å². The van der Waals surface area contributed by atoms with Crippen molar-refractivity contribution in [2.45, 2.75) is 32.7 Å². The second kappa shape index (κ2) is 5.26. The SMILES string of the molecule is Cc1cc(Cl)ccc1CNc1ccc2c(c1)CCC2. The van der Waals surface area contributed by atoms with Gasteiger partial charge in [0.25, 0.3) is 0 Å². The Kier molecular flexibility index (Phi) is 3.48. The number of fused-ring (bicyclic) bond motifs is 1. The molecular formula is C17H18ClN. The number of benzene rings is 2. The lowest BCUT2D eigenvalue weighted by Crippen LogP contribution is -2.01. The van der Waals surface area contributed by atoms with Crippen LogP contribution in [0.3, 0.4) is 0 Å². The maximum Gasteiger partial charge on any atom is 0.0408 e. The van der Waals surface area contributed by atoms with Crippen molar-refractivity contribution in [2.75, 3.05) is 5.32 Å². The Balaban J connectivity index is 1.72. The Morgan fingerprint density at radius 1 is 1.05 bits per heavy atom. The molecule has 1 aliphatic carbocycles. The van der Waals surface area contributed by atoms with Gasteiger partial charge in [-0.2, -0.15) is 0 Å². The van der Waals surface area contributed by atoms with E-state index in [1.54, 1.807) is 0 Å². The maximum atomic E-state index is 5.98. The van der Waals surface area contributed by atoms with E-state index in [1.807, 2.05) is 12.1 Å². The van der Waals surface area contributed by atoms with Crippen LogP contribution in [0.15, 0.2) is 36.4 Å². The van der Waals surface area contributed by atoms with E-state index in [0.29, 0.717) is 0 Å². The molecule has 0 heterocycles. The number of hydrogen-bond donors (Lipinski definition) is 1. The van der Waals surface area contributed by atoms with Crippen molar-refractivity contribution >= 4 is 17.3 Å². The predicted molar refractivity (Wildman–Crippen MR) is 82.0 cm³/mol. The summed E-state index contributed by atoms with van der Waals surface area (Å²) in [5, 5.41) is 4.31. The largest absolute Gasteiger partial charge is 0.381 e. The minimum absolute atomic E-state index is 0.804. The molecule has 0 bridgehead atoms. The Morgan fingerprint density at radius 3 is 2.74 bits per heavy atom. The topological polar surface area (TPSA) is 12.0 Å². The molecule has 0 aliphatic heterocycles. The lowest BCUT2D eigenvalue weighted by Gasteiger charge is -2.11. The Morgan fingerprint density at radius 2 is 1.89 bits per heavy atom. The van der Waals surface area contributed by atoms with Gasteiger partial charge in [-0.1, -0.05) is 23.7 Å². The Hall–Kier alpha value is -1.47. The number of aryl methyl sites for hydroxylation is 3. The van der Waals surface area contributed by atoms with Crippen LogP contribution in [0.1, 0.15) is 28.7 Å². The molecule has 0 atom stereocenters. The lowest BCUT2D eigenvalue weighted by molar-refractivity contribution is 0.912. The van der Waals surface area contributed by atoms with Crippen LogP contribution in [0.5, 0.6) is 0 Å². The van der Waals surface area contributed by atoms with Gasteiger partial charge in [0.2, 0.25) is 0 Å². The minimum Gasteiger partial charge on any atom is -0.381 e. The van der Waals surface area contributed by atoms with Gasteiger partial charge >= 0.3 is 0 Å². The van der Waals surface area contributed by atoms with Crippen molar-refractivity contribution in [2.24, 2.45) is 0 Å². The molecule has 2 aromatic rings. The highest BCUT2D eigenvalue weighted by Crippen LogP contribution is 2.25. The van der Waals surface area contributed by atoms with Crippen molar-refractivity contribution in [3.05, 3.63) is 63.7 Å². The normalized spacial score (nSPS) is 13.4. The van der Waals surface area contributed by atoms with Crippen molar-refractivity contribution < 1.29 is 0 Å². The number of nitrogens with one attached hydrogen (secondary N) is 1. The lowest BCUT2D eigenvalue weighted by atomic mass is 10.1. The fraction of sp³-hybridized carbons (Fsp3) is 0.294. The molecule has 0 saturated carbocycles. The summed E-state index contributed by atoms with van der Waals surface area (Å²) in [5.41, 5.74) is 6.78. The number of rotatable bonds is 3. The van der Waals surface area contributed by atoms with Gasteiger partial charge < -0.3 is 5.32 Å². The average molecular weight is 272 g/mol. The van der Waals surface area contributed by atoms with Gasteiger partial charge in [0.15, 0.2) is 0 Å². The summed E-state index contributed by atoms with van der Waals surface area (Å²) in [6.45, 7) is 2.95. The van der Waals surface area contributed by atoms with Crippen LogP contribution < -0.4 is 5.32 Å². The van der Waals surface area contributed by atoms with Gasteiger partial charge in [0.05, 0.1) is 0 Å². The zero-order chi connectivity index (χ0) is 13.2. The van der Waals surface area contributed by atoms with Crippen LogP contribution in [0.2, 0.25) is 5.02 Å². The zero-order valence-corrected chi connectivity index (χ0v) is 11.9. The summed E-state index contributed by atoms with van der Waals surface area (Å²) >= 11 is 5.98. The third kappa shape index (κ3) is 2.76. The molecule has 0 aromatic heterocycles. The van der Waals surface area contributed by atoms with E-state index in [-0.39, 0.29) is 0 Å². The van der Waals surface area contributed by atoms with E-state index in [0.717, 1.165) is 11.6 Å². The standard InChI is InChI=1S/C17H18ClN/c1-12-9-16(18)7-5-15(12)11-19-17-8-6-13-3-2-4-14(13)10-17/h5-10,19H,2-4,11H2,1H3. The maximum absolute atomic E-state index is 5.98. The van der Waals surface area contributed by atoms with Gasteiger partial charge in [-0.3, -0.25) is 0 Å². The van der Waals surface area contributed by atoms with Crippen molar-refractivity contribution in [3.63, 3.8) is 0 Å². The summed E-state index contributed by atoms with van der Waals surface area (Å²) in [6, 6.07) is 12.8. The predicted octanol–water partition coefficient (Wildman–Crippen LogP) is 4.75. The molecule has 0 radical (unpaired) electrons. The van der Waals surface area contributed by atoms with E-state index >= 15 is 0 Å². The van der Waals surface area contributed by atoms with E-state index in [4.69, 9.17) is 11.6 Å². The molecule has 98 valence electrons. The van der Waals surface area contributed by atoms with Crippen LogP contribution in [0.4, 0.5) is 5.69 Å². The second-order valence-corrected chi connectivity index (χ2v) is 5.70. The molecule has 1 aliphatic rings. The average Bonchev–Trinajstić information content (AvgIpc) is 2.85. The third-order valence-electron chi connectivity index (χ3n) is 3.89. The van der Waals surface area contributed by atoms with Gasteiger partial charge in [-0.15, -0.1) is 0 Å². The second-order valence-electron chi connectivity index (χ2n) is 5.26. The number of halogens is 1. The minimum atomic E-state index is 0.804. The van der Waals surface area contributed by atoms with Crippen molar-refractivity contribution in [1.82, 2.24) is 0 Å². The summed E-state index contributed by atoms with van der Waals surface area (Å²) in [6.07, 6.45) is 3.77. The summed E-state index contributed by atoms with van der Waals surface area (Å²) in [7, 11) is 0. The summed E-state index contributed by atoms with van der Waals surface area (Å²) in [4.78, 5) is 0. The molecular weight excluding hydrogens is 254 g/mol. The Bertz CT molecular complexity index is 604. The molecule has 19 heavy (non-hydrogen) atoms. The Labute approximate surface area is 119 Å². The summed E-state index contributed by atoms with van der Waals surface area (Å²) < 4.78 is 0.